The summed E-state index contributed by atoms with van der Waals surface area (Å²) in [4.78, 5) is 0. The predicted octanol–water partition coefficient (Wildman–Crippen LogP) is 1.86. The molecule has 14 heavy (non-hydrogen) atoms. The molecule has 0 bridgehead atoms. The highest BCUT2D eigenvalue weighted by Gasteiger charge is 2.35. The van der Waals surface area contributed by atoms with Crippen LogP contribution < -0.4 is 11.3 Å². The number of aromatic nitrogens is 2. The molecular weight excluding hydrogens is 244 g/mol. The minimum atomic E-state index is -4.55. The van der Waals surface area contributed by atoms with Gasteiger partial charge in [0, 0.05) is 0 Å². The Morgan fingerprint density at radius 3 is 2.36 bits per heavy atom. The smallest absolute Gasteiger partial charge is 0.306 e. The van der Waals surface area contributed by atoms with Crippen molar-refractivity contribution in [1.29, 1.82) is 0 Å². The fourth-order valence-corrected chi connectivity index (χ4v) is 0.838. The van der Waals surface area contributed by atoms with E-state index in [1.54, 1.807) is 5.43 Å². The maximum Gasteiger partial charge on any atom is 0.420 e. The standard InChI is InChI=1S/C5H4ClF3N4.ClH/c6-3-1-2(5(7,8)9)4(11-10)13-12-3;/h1H,10H2,(H,11,13);1H. The lowest BCUT2D eigenvalue weighted by molar-refractivity contribution is -0.137. The van der Waals surface area contributed by atoms with E-state index in [-0.39, 0.29) is 17.6 Å². The normalized spacial score (nSPS) is 10.6. The average Bonchev–Trinajstić information content (AvgIpc) is 2.03. The van der Waals surface area contributed by atoms with E-state index in [0.717, 1.165) is 0 Å². The monoisotopic (exact) mass is 248 g/mol. The first kappa shape index (κ1) is 13.2. The summed E-state index contributed by atoms with van der Waals surface area (Å²) in [5, 5.41) is 5.98. The van der Waals surface area contributed by atoms with Crippen LogP contribution in [0, 0.1) is 0 Å². The second-order valence-corrected chi connectivity index (χ2v) is 2.46. The molecule has 9 heteroatoms. The topological polar surface area (TPSA) is 63.8 Å². The highest BCUT2D eigenvalue weighted by atomic mass is 35.5. The number of hydrogen-bond acceptors (Lipinski definition) is 4. The minimum Gasteiger partial charge on any atom is -0.306 e. The molecule has 0 unspecified atom stereocenters. The van der Waals surface area contributed by atoms with Crippen LogP contribution in [0.25, 0.3) is 0 Å². The zero-order chi connectivity index (χ0) is 10.1. The summed E-state index contributed by atoms with van der Waals surface area (Å²) in [5.41, 5.74) is 0.731. The second kappa shape index (κ2) is 4.63. The van der Waals surface area contributed by atoms with E-state index in [1.807, 2.05) is 0 Å². The van der Waals surface area contributed by atoms with Gasteiger partial charge in [-0.3, -0.25) is 0 Å². The Morgan fingerprint density at radius 1 is 1.36 bits per heavy atom. The fraction of sp³-hybridized carbons (Fsp3) is 0.200. The molecule has 0 aliphatic heterocycles. The van der Waals surface area contributed by atoms with Gasteiger partial charge in [0.1, 0.15) is 5.56 Å². The van der Waals surface area contributed by atoms with Crippen molar-refractivity contribution in [3.63, 3.8) is 0 Å². The van der Waals surface area contributed by atoms with Gasteiger partial charge in [0.25, 0.3) is 0 Å². The van der Waals surface area contributed by atoms with E-state index in [0.29, 0.717) is 6.07 Å². The molecule has 1 aromatic heterocycles. The van der Waals surface area contributed by atoms with Crippen molar-refractivity contribution < 1.29 is 13.2 Å². The Morgan fingerprint density at radius 2 is 1.93 bits per heavy atom. The van der Waals surface area contributed by atoms with Gasteiger partial charge >= 0.3 is 6.18 Å². The molecule has 1 rings (SSSR count). The third-order valence-electron chi connectivity index (χ3n) is 1.21. The zero-order valence-corrected chi connectivity index (χ0v) is 8.04. The maximum absolute atomic E-state index is 12.2. The Balaban J connectivity index is 0.00000169. The van der Waals surface area contributed by atoms with Crippen LogP contribution in [0.3, 0.4) is 0 Å². The Kier molecular flexibility index (Phi) is 4.37. The Bertz CT molecular complexity index is 316. The molecule has 0 aliphatic rings. The van der Waals surface area contributed by atoms with Gasteiger partial charge in [-0.15, -0.1) is 22.6 Å². The van der Waals surface area contributed by atoms with E-state index in [9.17, 15) is 13.2 Å². The molecule has 1 heterocycles. The number of nitrogens with one attached hydrogen (secondary N) is 1. The number of halogens is 5. The van der Waals surface area contributed by atoms with Crippen LogP contribution in [-0.4, -0.2) is 10.2 Å². The molecular formula is C5H5Cl2F3N4. The van der Waals surface area contributed by atoms with Crippen molar-refractivity contribution in [3.8, 4) is 0 Å². The van der Waals surface area contributed by atoms with Crippen LogP contribution in [0.2, 0.25) is 5.15 Å². The van der Waals surface area contributed by atoms with Crippen LogP contribution >= 0.6 is 24.0 Å². The first-order valence-corrected chi connectivity index (χ1v) is 3.40. The van der Waals surface area contributed by atoms with Crippen LogP contribution in [-0.2, 0) is 6.18 Å². The summed E-state index contributed by atoms with van der Waals surface area (Å²) in [6.07, 6.45) is -4.55. The van der Waals surface area contributed by atoms with Gasteiger partial charge < -0.3 is 5.43 Å². The van der Waals surface area contributed by atoms with Gasteiger partial charge in [0.2, 0.25) is 0 Å². The van der Waals surface area contributed by atoms with Crippen LogP contribution in [0.5, 0.6) is 0 Å². The van der Waals surface area contributed by atoms with Crippen molar-refractivity contribution in [3.05, 3.63) is 16.8 Å². The SMILES string of the molecule is Cl.NNc1nnc(Cl)cc1C(F)(F)F. The average molecular weight is 249 g/mol. The first-order valence-electron chi connectivity index (χ1n) is 3.02. The zero-order valence-electron chi connectivity index (χ0n) is 6.47. The first-order chi connectivity index (χ1) is 5.95. The number of hydrazine groups is 1. The Hall–Kier alpha value is -0.790. The number of nitrogens with two attached hydrogens (primary N) is 1. The van der Waals surface area contributed by atoms with E-state index in [4.69, 9.17) is 17.4 Å². The lowest BCUT2D eigenvalue weighted by Crippen LogP contribution is -2.17. The van der Waals surface area contributed by atoms with Gasteiger partial charge in [0.05, 0.1) is 0 Å². The molecule has 80 valence electrons. The van der Waals surface area contributed by atoms with Crippen molar-refractivity contribution in [2.45, 2.75) is 6.18 Å². The minimum absolute atomic E-state index is 0. The van der Waals surface area contributed by atoms with Gasteiger partial charge in [-0.05, 0) is 6.07 Å². The summed E-state index contributed by atoms with van der Waals surface area (Å²) in [6.45, 7) is 0. The summed E-state index contributed by atoms with van der Waals surface area (Å²) >= 11 is 5.24. The summed E-state index contributed by atoms with van der Waals surface area (Å²) in [7, 11) is 0. The molecule has 0 aromatic carbocycles. The van der Waals surface area contributed by atoms with Gasteiger partial charge in [-0.25, -0.2) is 5.84 Å². The maximum atomic E-state index is 12.2. The Labute approximate surface area is 88.0 Å². The van der Waals surface area contributed by atoms with Crippen LogP contribution in [0.15, 0.2) is 6.07 Å². The number of alkyl halides is 3. The fourth-order valence-electron chi connectivity index (χ4n) is 0.691. The van der Waals surface area contributed by atoms with E-state index in [1.165, 1.54) is 0 Å². The molecule has 0 fully saturated rings. The third kappa shape index (κ3) is 2.86. The van der Waals surface area contributed by atoms with Gasteiger partial charge in [0.15, 0.2) is 11.0 Å². The van der Waals surface area contributed by atoms with Crippen molar-refractivity contribution in [1.82, 2.24) is 10.2 Å². The van der Waals surface area contributed by atoms with E-state index < -0.39 is 17.6 Å². The molecule has 1 aromatic rings. The van der Waals surface area contributed by atoms with Gasteiger partial charge in [-0.2, -0.15) is 13.2 Å². The van der Waals surface area contributed by atoms with Crippen molar-refractivity contribution >= 4 is 29.8 Å². The largest absolute Gasteiger partial charge is 0.420 e. The molecule has 0 spiro atoms. The van der Waals surface area contributed by atoms with Crippen molar-refractivity contribution in [2.75, 3.05) is 5.43 Å². The third-order valence-corrected chi connectivity index (χ3v) is 1.39. The number of rotatable bonds is 1. The number of anilines is 1. The summed E-state index contributed by atoms with van der Waals surface area (Å²) in [5.74, 6) is 4.24. The quantitative estimate of drug-likeness (QED) is 0.588. The number of hydrogen-bond donors (Lipinski definition) is 2. The highest BCUT2D eigenvalue weighted by Crippen LogP contribution is 2.33. The van der Waals surface area contributed by atoms with Gasteiger partial charge in [-0.1, -0.05) is 11.6 Å². The molecule has 0 amide bonds. The van der Waals surface area contributed by atoms with Crippen LogP contribution in [0.1, 0.15) is 5.56 Å². The summed E-state index contributed by atoms with van der Waals surface area (Å²) < 4.78 is 36.6. The summed E-state index contributed by atoms with van der Waals surface area (Å²) in [6, 6.07) is 0.643. The lowest BCUT2D eigenvalue weighted by atomic mass is 10.3. The van der Waals surface area contributed by atoms with E-state index in [2.05, 4.69) is 10.2 Å². The molecule has 0 aliphatic carbocycles. The molecule has 3 N–H and O–H groups in total. The molecule has 0 saturated heterocycles. The molecule has 0 saturated carbocycles. The van der Waals surface area contributed by atoms with Crippen molar-refractivity contribution in [2.24, 2.45) is 5.84 Å². The van der Waals surface area contributed by atoms with Crippen LogP contribution in [0.4, 0.5) is 19.0 Å². The highest BCUT2D eigenvalue weighted by molar-refractivity contribution is 6.29. The molecule has 0 radical (unpaired) electrons. The number of nitrogen functional groups attached to an aromatic ring is 1. The molecule has 0 atom stereocenters. The second-order valence-electron chi connectivity index (χ2n) is 2.07. The van der Waals surface area contributed by atoms with E-state index >= 15 is 0 Å². The lowest BCUT2D eigenvalue weighted by Gasteiger charge is -2.09. The molecule has 4 nitrogen and oxygen atoms in total. The predicted molar refractivity (Wildman–Crippen MR) is 47.1 cm³/mol. The number of nitrogens with zero attached hydrogens (tertiary/aromatic N) is 2.